The molecule has 0 spiro atoms. The summed E-state index contributed by atoms with van der Waals surface area (Å²) in [4.78, 5) is 10.5. The minimum Gasteiger partial charge on any atom is -0.378 e. The van der Waals surface area contributed by atoms with Gasteiger partial charge in [-0.15, -0.1) is 0 Å². The van der Waals surface area contributed by atoms with Crippen LogP contribution in [0.15, 0.2) is 207 Å². The molecular formula is C54H50N4O2S2. The number of morpholine rings is 2. The molecule has 62 heavy (non-hydrogen) atoms. The number of anilines is 4. The third kappa shape index (κ3) is 10.5. The van der Waals surface area contributed by atoms with E-state index < -0.39 is 0 Å². The molecule has 0 unspecified atom stereocenters. The fourth-order valence-corrected chi connectivity index (χ4v) is 8.40. The molecular weight excluding hydrogens is 801 g/mol. The Kier molecular flexibility index (Phi) is 14.6. The molecule has 9 rings (SSSR count). The van der Waals surface area contributed by atoms with E-state index in [4.69, 9.17) is 33.9 Å². The second kappa shape index (κ2) is 21.4. The zero-order valence-electron chi connectivity index (χ0n) is 34.7. The second-order valence-corrected chi connectivity index (χ2v) is 15.7. The van der Waals surface area contributed by atoms with E-state index in [0.29, 0.717) is 0 Å². The van der Waals surface area contributed by atoms with Crippen molar-refractivity contribution in [2.45, 2.75) is 0 Å². The number of ether oxygens (including phenoxy) is 2. The minimum absolute atomic E-state index is 0.733. The normalized spacial score (nSPS) is 14.4. The number of hydrogen-bond donors (Lipinski definition) is 0. The predicted molar refractivity (Wildman–Crippen MR) is 266 cm³/mol. The monoisotopic (exact) mass is 850 g/mol. The topological polar surface area (TPSA) is 31.4 Å². The molecule has 8 heteroatoms. The van der Waals surface area contributed by atoms with Crippen molar-refractivity contribution in [3.8, 4) is 0 Å². The van der Waals surface area contributed by atoms with Crippen LogP contribution in [0.4, 0.5) is 22.7 Å². The SMILES string of the molecule is S=C(/C(=C/N1CCOCC1)c1ccccc1)N(c1ccccc1)c1cccc2ccccc12.S=C(/C(=C/N1CCOCC1)c1ccccc1)N(c1ccccc1)c1ccccc1. The first-order valence-corrected chi connectivity index (χ1v) is 22.0. The highest BCUT2D eigenvalue weighted by molar-refractivity contribution is 7.82. The molecule has 7 aromatic rings. The number of hydrogen-bond acceptors (Lipinski definition) is 6. The Morgan fingerprint density at radius 3 is 1.21 bits per heavy atom. The maximum absolute atomic E-state index is 6.27. The fraction of sp³-hybridized carbons (Fsp3) is 0.148. The predicted octanol–water partition coefficient (Wildman–Crippen LogP) is 12.2. The summed E-state index contributed by atoms with van der Waals surface area (Å²) >= 11 is 12.4. The highest BCUT2D eigenvalue weighted by Crippen LogP contribution is 2.36. The first-order valence-electron chi connectivity index (χ1n) is 21.1. The summed E-state index contributed by atoms with van der Waals surface area (Å²) in [6.07, 6.45) is 4.40. The Labute approximate surface area is 376 Å². The van der Waals surface area contributed by atoms with E-state index in [-0.39, 0.29) is 0 Å². The molecule has 2 saturated heterocycles. The summed E-state index contributed by atoms with van der Waals surface area (Å²) < 4.78 is 11.1. The van der Waals surface area contributed by atoms with Gasteiger partial charge in [0, 0.05) is 72.2 Å². The van der Waals surface area contributed by atoms with Gasteiger partial charge < -0.3 is 29.1 Å². The molecule has 0 N–H and O–H groups in total. The zero-order valence-corrected chi connectivity index (χ0v) is 36.3. The van der Waals surface area contributed by atoms with Crippen LogP contribution in [0.2, 0.25) is 0 Å². The van der Waals surface area contributed by atoms with Crippen LogP contribution in [-0.4, -0.2) is 72.4 Å². The Bertz CT molecular complexity index is 2530. The van der Waals surface area contributed by atoms with Crippen LogP contribution in [0.25, 0.3) is 21.9 Å². The van der Waals surface area contributed by atoms with Crippen LogP contribution in [0.1, 0.15) is 11.1 Å². The van der Waals surface area contributed by atoms with Crippen LogP contribution in [-0.2, 0) is 9.47 Å². The molecule has 0 bridgehead atoms. The lowest BCUT2D eigenvalue weighted by Crippen LogP contribution is -2.34. The average Bonchev–Trinajstić information content (AvgIpc) is 3.35. The van der Waals surface area contributed by atoms with Gasteiger partial charge in [0.2, 0.25) is 0 Å². The molecule has 0 amide bonds. The van der Waals surface area contributed by atoms with Crippen LogP contribution in [0.3, 0.4) is 0 Å². The number of thiocarbonyl (C=S) groups is 2. The van der Waals surface area contributed by atoms with Crippen LogP contribution >= 0.6 is 24.4 Å². The maximum atomic E-state index is 6.27. The fourth-order valence-electron chi connectivity index (χ4n) is 7.64. The number of rotatable bonds is 10. The van der Waals surface area contributed by atoms with Gasteiger partial charge in [-0.2, -0.15) is 0 Å². The summed E-state index contributed by atoms with van der Waals surface area (Å²) in [6, 6.07) is 66.7. The molecule has 2 aliphatic rings. The van der Waals surface area contributed by atoms with Gasteiger partial charge in [0.1, 0.15) is 9.98 Å². The van der Waals surface area contributed by atoms with E-state index in [2.05, 4.69) is 172 Å². The molecule has 0 atom stereocenters. The van der Waals surface area contributed by atoms with Gasteiger partial charge in [-0.25, -0.2) is 0 Å². The van der Waals surface area contributed by atoms with E-state index in [0.717, 1.165) is 108 Å². The molecule has 2 aliphatic heterocycles. The number of nitrogens with zero attached hydrogens (tertiary/aromatic N) is 4. The maximum Gasteiger partial charge on any atom is 0.120 e. The molecule has 2 heterocycles. The molecule has 0 aromatic heterocycles. The average molecular weight is 851 g/mol. The van der Waals surface area contributed by atoms with Gasteiger partial charge in [-0.1, -0.05) is 176 Å². The first kappa shape index (κ1) is 42.3. The van der Waals surface area contributed by atoms with Crippen LogP contribution in [0.5, 0.6) is 0 Å². The summed E-state index contributed by atoms with van der Waals surface area (Å²) in [7, 11) is 0. The van der Waals surface area contributed by atoms with Gasteiger partial charge >= 0.3 is 0 Å². The van der Waals surface area contributed by atoms with Crippen molar-refractivity contribution < 1.29 is 9.47 Å². The van der Waals surface area contributed by atoms with Crippen molar-refractivity contribution in [3.63, 3.8) is 0 Å². The van der Waals surface area contributed by atoms with Crippen molar-refractivity contribution in [3.05, 3.63) is 218 Å². The highest BCUT2D eigenvalue weighted by atomic mass is 32.1. The van der Waals surface area contributed by atoms with E-state index in [9.17, 15) is 0 Å². The number of fused-ring (bicyclic) bond motifs is 1. The smallest absolute Gasteiger partial charge is 0.120 e. The van der Waals surface area contributed by atoms with E-state index in [1.807, 2.05) is 54.6 Å². The minimum atomic E-state index is 0.733. The molecule has 6 nitrogen and oxygen atoms in total. The van der Waals surface area contributed by atoms with Crippen LogP contribution < -0.4 is 9.80 Å². The van der Waals surface area contributed by atoms with E-state index in [1.165, 1.54) is 10.8 Å². The third-order valence-corrected chi connectivity index (χ3v) is 11.6. The quantitative estimate of drug-likeness (QED) is 0.0994. The second-order valence-electron chi connectivity index (χ2n) is 14.9. The molecule has 0 saturated carbocycles. The first-order chi connectivity index (χ1) is 30.6. The number of benzene rings is 7. The van der Waals surface area contributed by atoms with Gasteiger partial charge in [0.05, 0.1) is 32.1 Å². The lowest BCUT2D eigenvalue weighted by Gasteiger charge is -2.31. The molecule has 0 aliphatic carbocycles. The highest BCUT2D eigenvalue weighted by Gasteiger charge is 2.24. The summed E-state index contributed by atoms with van der Waals surface area (Å²) in [5.74, 6) is 0. The summed E-state index contributed by atoms with van der Waals surface area (Å²) in [5.41, 5.74) is 8.51. The molecule has 0 radical (unpaired) electrons. The van der Waals surface area contributed by atoms with Crippen molar-refractivity contribution in [1.29, 1.82) is 0 Å². The standard InChI is InChI=1S/C29H26N2OS.C25H24N2OS/c33-29(27(24-10-3-1-4-11-24)22-30-18-20-32-21-19-30)31(25-14-5-2-6-15-25)28-17-9-13-23-12-7-8-16-26(23)28;29-25(27(22-12-6-2-7-13-22)23-14-8-3-9-15-23)24(21-10-4-1-5-11-21)20-26-16-18-28-19-17-26/h1-17,22H,18-21H2;1-15,20H,16-19H2/b27-22+;24-20+. The van der Waals surface area contributed by atoms with Crippen LogP contribution in [0, 0.1) is 0 Å². The van der Waals surface area contributed by atoms with Crippen molar-refractivity contribution in [2.75, 3.05) is 62.4 Å². The third-order valence-electron chi connectivity index (χ3n) is 10.8. The van der Waals surface area contributed by atoms with Gasteiger partial charge in [0.25, 0.3) is 0 Å². The molecule has 7 aromatic carbocycles. The van der Waals surface area contributed by atoms with Crippen molar-refractivity contribution in [1.82, 2.24) is 9.80 Å². The lowest BCUT2D eigenvalue weighted by molar-refractivity contribution is 0.0596. The zero-order chi connectivity index (χ0) is 42.4. The van der Waals surface area contributed by atoms with E-state index >= 15 is 0 Å². The van der Waals surface area contributed by atoms with Gasteiger partial charge in [-0.05, 0) is 59.0 Å². The molecule has 2 fully saturated rings. The molecule has 310 valence electrons. The Morgan fingerprint density at radius 2 is 0.758 bits per heavy atom. The van der Waals surface area contributed by atoms with E-state index in [1.54, 1.807) is 0 Å². The number of para-hydroxylation sites is 3. The Morgan fingerprint density at radius 1 is 0.403 bits per heavy atom. The summed E-state index contributed by atoms with van der Waals surface area (Å²) in [5, 5.41) is 2.36. The van der Waals surface area contributed by atoms with Crippen molar-refractivity contribution >= 4 is 79.1 Å². The lowest BCUT2D eigenvalue weighted by atomic mass is 10.0. The van der Waals surface area contributed by atoms with Gasteiger partial charge in [-0.3, -0.25) is 0 Å². The Balaban J connectivity index is 0.000000172. The largest absolute Gasteiger partial charge is 0.378 e. The summed E-state index contributed by atoms with van der Waals surface area (Å²) in [6.45, 7) is 6.41. The van der Waals surface area contributed by atoms with Crippen molar-refractivity contribution in [2.24, 2.45) is 0 Å². The Hall–Kier alpha value is -6.42. The van der Waals surface area contributed by atoms with Gasteiger partial charge in [0.15, 0.2) is 0 Å².